The smallest absolute Gasteiger partial charge is 0.240 e. The molecule has 6 nitrogen and oxygen atoms in total. The second-order valence-electron chi connectivity index (χ2n) is 11.1. The molecule has 7 aromatic rings. The number of benzene rings is 5. The van der Waals surface area contributed by atoms with Crippen LogP contribution >= 0.6 is 27.5 Å². The highest BCUT2D eigenvalue weighted by atomic mass is 79.9. The van der Waals surface area contributed by atoms with E-state index >= 15 is 0 Å². The number of fused-ring (bicyclic) bond motifs is 1. The van der Waals surface area contributed by atoms with Gasteiger partial charge in [0, 0.05) is 44.2 Å². The van der Waals surface area contributed by atoms with Gasteiger partial charge in [-0.15, -0.1) is 0 Å². The highest BCUT2D eigenvalue weighted by molar-refractivity contribution is 9.10. The molecule has 0 unspecified atom stereocenters. The van der Waals surface area contributed by atoms with Crippen LogP contribution in [0, 0.1) is 0 Å². The van der Waals surface area contributed by atoms with E-state index in [2.05, 4.69) is 70.7 Å². The summed E-state index contributed by atoms with van der Waals surface area (Å²) in [5, 5.41) is 13.9. The summed E-state index contributed by atoms with van der Waals surface area (Å²) in [4.78, 5) is 10.3. The third kappa shape index (κ3) is 5.38. The first-order valence-electron chi connectivity index (χ1n) is 15.0. The zero-order valence-electron chi connectivity index (χ0n) is 24.5. The van der Waals surface area contributed by atoms with Crippen LogP contribution in [0.2, 0.25) is 5.02 Å². The average molecular weight is 682 g/mol. The molecule has 1 atom stereocenters. The van der Waals surface area contributed by atoms with E-state index in [1.54, 1.807) is 0 Å². The molecule has 2 aromatic heterocycles. The lowest BCUT2D eigenvalue weighted by Gasteiger charge is -2.23. The molecular weight excluding hydrogens is 656 g/mol. The van der Waals surface area contributed by atoms with Gasteiger partial charge in [0.2, 0.25) is 5.95 Å². The molecule has 0 amide bonds. The van der Waals surface area contributed by atoms with Crippen molar-refractivity contribution in [2.24, 2.45) is 5.10 Å². The second kappa shape index (κ2) is 12.0. The van der Waals surface area contributed by atoms with Gasteiger partial charge in [-0.25, -0.2) is 19.7 Å². The lowest BCUT2D eigenvalue weighted by Crippen LogP contribution is -2.21. The van der Waals surface area contributed by atoms with Gasteiger partial charge in [-0.1, -0.05) is 119 Å². The fourth-order valence-corrected chi connectivity index (χ4v) is 6.36. The number of halogens is 2. The van der Waals surface area contributed by atoms with Crippen molar-refractivity contribution in [2.75, 3.05) is 5.01 Å². The number of rotatable bonds is 6. The molecule has 5 aromatic carbocycles. The van der Waals surface area contributed by atoms with Crippen LogP contribution in [0.4, 0.5) is 5.95 Å². The zero-order chi connectivity index (χ0) is 31.0. The molecule has 1 aliphatic heterocycles. The first kappa shape index (κ1) is 28.4. The van der Waals surface area contributed by atoms with Crippen LogP contribution in [0.15, 0.2) is 149 Å². The van der Waals surface area contributed by atoms with Crippen LogP contribution in [0.25, 0.3) is 39.1 Å². The van der Waals surface area contributed by atoms with Crippen LogP contribution < -0.4 is 5.01 Å². The number of anilines is 1. The minimum absolute atomic E-state index is 0.223. The third-order valence-electron chi connectivity index (χ3n) is 8.16. The summed E-state index contributed by atoms with van der Waals surface area (Å²) in [6, 6.07) is 44.4. The Labute approximate surface area is 279 Å². The van der Waals surface area contributed by atoms with Gasteiger partial charge >= 0.3 is 0 Å². The lowest BCUT2D eigenvalue weighted by atomic mass is 9.96. The van der Waals surface area contributed by atoms with Crippen LogP contribution in [-0.2, 0) is 0 Å². The zero-order valence-corrected chi connectivity index (χ0v) is 26.8. The summed E-state index contributed by atoms with van der Waals surface area (Å²) >= 11 is 10.1. The van der Waals surface area contributed by atoms with Gasteiger partial charge in [0.1, 0.15) is 0 Å². The molecule has 8 heteroatoms. The Kier molecular flexibility index (Phi) is 7.40. The van der Waals surface area contributed by atoms with Gasteiger partial charge in [0.05, 0.1) is 34.3 Å². The van der Waals surface area contributed by atoms with E-state index in [1.807, 2.05) is 94.6 Å². The molecule has 0 aliphatic carbocycles. The van der Waals surface area contributed by atoms with E-state index in [0.717, 1.165) is 60.4 Å². The molecule has 1 aliphatic rings. The molecule has 0 fully saturated rings. The summed E-state index contributed by atoms with van der Waals surface area (Å²) in [5.41, 5.74) is 8.51. The van der Waals surface area contributed by atoms with Crippen molar-refractivity contribution in [2.45, 2.75) is 12.5 Å². The van der Waals surface area contributed by atoms with Crippen LogP contribution in [0.1, 0.15) is 23.6 Å². The van der Waals surface area contributed by atoms with Crippen molar-refractivity contribution in [1.82, 2.24) is 19.7 Å². The average Bonchev–Trinajstić information content (AvgIpc) is 3.75. The number of hydrogen-bond donors (Lipinski definition) is 0. The van der Waals surface area contributed by atoms with E-state index in [1.165, 1.54) is 0 Å². The number of nitrogens with zero attached hydrogens (tertiary/aromatic N) is 6. The van der Waals surface area contributed by atoms with Gasteiger partial charge in [-0.05, 0) is 48.0 Å². The Morgan fingerprint density at radius 2 is 1.33 bits per heavy atom. The molecule has 0 saturated carbocycles. The Morgan fingerprint density at radius 3 is 2.02 bits per heavy atom. The van der Waals surface area contributed by atoms with Gasteiger partial charge < -0.3 is 0 Å². The maximum atomic E-state index is 6.47. The van der Waals surface area contributed by atoms with Crippen molar-refractivity contribution in [1.29, 1.82) is 0 Å². The fourth-order valence-electron chi connectivity index (χ4n) is 5.93. The monoisotopic (exact) mass is 680 g/mol. The topological polar surface area (TPSA) is 59.2 Å². The van der Waals surface area contributed by atoms with Gasteiger partial charge in [0.25, 0.3) is 0 Å². The minimum Gasteiger partial charge on any atom is -0.240 e. The largest absolute Gasteiger partial charge is 0.247 e. The molecule has 8 rings (SSSR count). The fraction of sp³-hybridized carbons (Fsp3) is 0.0526. The second-order valence-corrected chi connectivity index (χ2v) is 12.4. The van der Waals surface area contributed by atoms with Crippen LogP contribution in [0.5, 0.6) is 0 Å². The van der Waals surface area contributed by atoms with Crippen LogP contribution in [-0.4, -0.2) is 25.5 Å². The summed E-state index contributed by atoms with van der Waals surface area (Å²) in [6.45, 7) is 0. The van der Waals surface area contributed by atoms with Crippen molar-refractivity contribution in [3.63, 3.8) is 0 Å². The number of aromatic nitrogens is 4. The van der Waals surface area contributed by atoms with E-state index in [9.17, 15) is 0 Å². The standard InChI is InChI=1S/C38H26BrClN6/c39-28-18-16-25(17-19-28)34-23-35(32-24-45(30-14-8-3-9-15-30)44-37(32)27-12-6-2-7-13-27)46(43-34)38-41-33-21-20-29(40)22-31(33)36(42-38)26-10-4-1-5-11-26/h1-22,24,35H,23H2/t35-/m1/s1. The molecule has 222 valence electrons. The Hall–Kier alpha value is -5.11. The van der Waals surface area contributed by atoms with Gasteiger partial charge in [-0.2, -0.15) is 10.2 Å². The maximum Gasteiger partial charge on any atom is 0.247 e. The molecule has 0 N–H and O–H groups in total. The maximum absolute atomic E-state index is 6.47. The summed E-state index contributed by atoms with van der Waals surface area (Å²) < 4.78 is 2.97. The predicted octanol–water partition coefficient (Wildman–Crippen LogP) is 9.92. The Morgan fingerprint density at radius 1 is 0.674 bits per heavy atom. The molecular formula is C38H26BrClN6. The summed E-state index contributed by atoms with van der Waals surface area (Å²) in [6.07, 6.45) is 2.76. The van der Waals surface area contributed by atoms with Crippen molar-refractivity contribution in [3.05, 3.63) is 160 Å². The first-order chi connectivity index (χ1) is 22.6. The predicted molar refractivity (Wildman–Crippen MR) is 189 cm³/mol. The van der Waals surface area contributed by atoms with Gasteiger partial charge in [0.15, 0.2) is 0 Å². The van der Waals surface area contributed by atoms with E-state index < -0.39 is 0 Å². The normalized spacial score (nSPS) is 14.5. The number of hydrazone groups is 1. The van der Waals surface area contributed by atoms with E-state index in [0.29, 0.717) is 17.4 Å². The van der Waals surface area contributed by atoms with Crippen molar-refractivity contribution in [3.8, 4) is 28.2 Å². The van der Waals surface area contributed by atoms with E-state index in [4.69, 9.17) is 31.8 Å². The molecule has 0 radical (unpaired) electrons. The summed E-state index contributed by atoms with van der Waals surface area (Å²) in [7, 11) is 0. The Balaban J connectivity index is 1.34. The lowest BCUT2D eigenvalue weighted by molar-refractivity contribution is 0.690. The van der Waals surface area contributed by atoms with Gasteiger partial charge in [-0.3, -0.25) is 0 Å². The molecule has 0 saturated heterocycles. The molecule has 0 bridgehead atoms. The van der Waals surface area contributed by atoms with Crippen LogP contribution in [0.3, 0.4) is 0 Å². The molecule has 46 heavy (non-hydrogen) atoms. The number of para-hydroxylation sites is 1. The quantitative estimate of drug-likeness (QED) is 0.175. The number of hydrogen-bond acceptors (Lipinski definition) is 5. The van der Waals surface area contributed by atoms with E-state index in [-0.39, 0.29) is 6.04 Å². The third-order valence-corrected chi connectivity index (χ3v) is 8.92. The molecule has 3 heterocycles. The highest BCUT2D eigenvalue weighted by Crippen LogP contribution is 2.41. The first-order valence-corrected chi connectivity index (χ1v) is 16.1. The highest BCUT2D eigenvalue weighted by Gasteiger charge is 2.35. The summed E-state index contributed by atoms with van der Waals surface area (Å²) in [5.74, 6) is 0.511. The molecule has 0 spiro atoms. The SMILES string of the molecule is Clc1ccc2nc(N3N=C(c4ccc(Br)cc4)C[C@@H]3c3cn(-c4ccccc4)nc3-c3ccccc3)nc(-c3ccccc3)c2c1. The van der Waals surface area contributed by atoms with Crippen molar-refractivity contribution < 1.29 is 0 Å². The Bertz CT molecular complexity index is 2200. The van der Waals surface area contributed by atoms with Crippen molar-refractivity contribution >= 4 is 50.1 Å². The minimum atomic E-state index is -0.223.